The Morgan fingerprint density at radius 3 is 2.47 bits per heavy atom. The lowest BCUT2D eigenvalue weighted by molar-refractivity contribution is -0.294. The van der Waals surface area contributed by atoms with Crippen LogP contribution in [0.15, 0.2) is 12.7 Å². The van der Waals surface area contributed by atoms with Crippen molar-refractivity contribution < 1.29 is 24.8 Å². The molecule has 1 fully saturated rings. The first-order valence-corrected chi connectivity index (χ1v) is 5.04. The number of rotatable bonds is 4. The van der Waals surface area contributed by atoms with Crippen LogP contribution in [0, 0.1) is 0 Å². The zero-order valence-corrected chi connectivity index (χ0v) is 8.74. The summed E-state index contributed by atoms with van der Waals surface area (Å²) in [6.07, 6.45) is -2.91. The summed E-state index contributed by atoms with van der Waals surface area (Å²) < 4.78 is 10.4. The maximum atomic E-state index is 9.55. The third kappa shape index (κ3) is 2.76. The number of aliphatic hydroxyl groups is 3. The highest BCUT2D eigenvalue weighted by Crippen LogP contribution is 2.23. The summed E-state index contributed by atoms with van der Waals surface area (Å²) in [5.41, 5.74) is 0. The van der Waals surface area contributed by atoms with Gasteiger partial charge in [0.2, 0.25) is 0 Å². The average molecular weight is 218 g/mol. The highest BCUT2D eigenvalue weighted by molar-refractivity contribution is 4.88. The Hall–Kier alpha value is -0.460. The molecule has 0 spiro atoms. The van der Waals surface area contributed by atoms with Gasteiger partial charge in [-0.3, -0.25) is 0 Å². The van der Waals surface area contributed by atoms with Gasteiger partial charge in [0, 0.05) is 0 Å². The van der Waals surface area contributed by atoms with Crippen LogP contribution in [0.5, 0.6) is 0 Å². The number of hydrogen-bond acceptors (Lipinski definition) is 5. The topological polar surface area (TPSA) is 79.2 Å². The minimum atomic E-state index is -1.24. The van der Waals surface area contributed by atoms with E-state index >= 15 is 0 Å². The van der Waals surface area contributed by atoms with Crippen LogP contribution >= 0.6 is 0 Å². The van der Waals surface area contributed by atoms with Crippen LogP contribution in [0.2, 0.25) is 0 Å². The molecule has 1 heterocycles. The molecule has 1 saturated heterocycles. The van der Waals surface area contributed by atoms with Crippen molar-refractivity contribution in [1.82, 2.24) is 0 Å². The molecule has 3 N–H and O–H groups in total. The lowest BCUT2D eigenvalue weighted by atomic mass is 9.97. The Morgan fingerprint density at radius 1 is 1.27 bits per heavy atom. The molecule has 88 valence electrons. The minimum Gasteiger partial charge on any atom is -0.388 e. The number of aliphatic hydroxyl groups excluding tert-OH is 3. The van der Waals surface area contributed by atoms with Crippen molar-refractivity contribution in [3.05, 3.63) is 12.7 Å². The van der Waals surface area contributed by atoms with E-state index in [0.29, 0.717) is 6.42 Å². The van der Waals surface area contributed by atoms with Crippen LogP contribution in [0.3, 0.4) is 0 Å². The molecule has 1 aliphatic rings. The molecular weight excluding hydrogens is 200 g/mol. The normalized spacial score (nSPS) is 41.5. The fraction of sp³-hybridized carbons (Fsp3) is 0.800. The average Bonchev–Trinajstić information content (AvgIpc) is 2.25. The Bertz CT molecular complexity index is 206. The van der Waals surface area contributed by atoms with Gasteiger partial charge in [-0.15, -0.1) is 6.58 Å². The summed E-state index contributed by atoms with van der Waals surface area (Å²) in [4.78, 5) is 0. The van der Waals surface area contributed by atoms with E-state index in [1.807, 2.05) is 6.92 Å². The molecule has 1 aliphatic heterocycles. The van der Waals surface area contributed by atoms with Crippen LogP contribution in [0.4, 0.5) is 0 Å². The molecule has 0 radical (unpaired) electrons. The maximum absolute atomic E-state index is 9.55. The lowest BCUT2D eigenvalue weighted by Crippen LogP contribution is -2.58. The first-order valence-electron chi connectivity index (χ1n) is 5.04. The first kappa shape index (κ1) is 12.6. The summed E-state index contributed by atoms with van der Waals surface area (Å²) in [5.74, 6) is 0. The first-order chi connectivity index (χ1) is 7.11. The van der Waals surface area contributed by atoms with Gasteiger partial charge in [0.15, 0.2) is 6.29 Å². The second kappa shape index (κ2) is 5.58. The quantitative estimate of drug-likeness (QED) is 0.549. The van der Waals surface area contributed by atoms with Crippen molar-refractivity contribution in [2.75, 3.05) is 6.61 Å². The van der Waals surface area contributed by atoms with Crippen molar-refractivity contribution in [3.8, 4) is 0 Å². The van der Waals surface area contributed by atoms with Crippen LogP contribution in [0.25, 0.3) is 0 Å². The SMILES string of the molecule is C=CCO[C@@H]1OC(CC)[C@H](O)[C@H](O)C1O. The molecule has 15 heavy (non-hydrogen) atoms. The monoisotopic (exact) mass is 218 g/mol. The van der Waals surface area contributed by atoms with Crippen molar-refractivity contribution in [1.29, 1.82) is 0 Å². The summed E-state index contributed by atoms with van der Waals surface area (Å²) in [7, 11) is 0. The van der Waals surface area contributed by atoms with Crippen LogP contribution < -0.4 is 0 Å². The highest BCUT2D eigenvalue weighted by Gasteiger charge is 2.43. The van der Waals surface area contributed by atoms with Crippen LogP contribution in [0.1, 0.15) is 13.3 Å². The lowest BCUT2D eigenvalue weighted by Gasteiger charge is -2.39. The predicted octanol–water partition coefficient (Wildman–Crippen LogP) is -0.593. The summed E-state index contributed by atoms with van der Waals surface area (Å²) >= 11 is 0. The van der Waals surface area contributed by atoms with Gasteiger partial charge < -0.3 is 24.8 Å². The van der Waals surface area contributed by atoms with E-state index in [0.717, 1.165) is 0 Å². The van der Waals surface area contributed by atoms with Crippen LogP contribution in [-0.2, 0) is 9.47 Å². The number of ether oxygens (including phenoxy) is 2. The van der Waals surface area contributed by atoms with Crippen molar-refractivity contribution in [3.63, 3.8) is 0 Å². The maximum Gasteiger partial charge on any atom is 0.186 e. The van der Waals surface area contributed by atoms with Crippen molar-refractivity contribution in [2.45, 2.75) is 44.1 Å². The van der Waals surface area contributed by atoms with Gasteiger partial charge in [0.25, 0.3) is 0 Å². The molecule has 0 aliphatic carbocycles. The van der Waals surface area contributed by atoms with Crippen molar-refractivity contribution >= 4 is 0 Å². The van der Waals surface area contributed by atoms with Gasteiger partial charge in [-0.2, -0.15) is 0 Å². The summed E-state index contributed by atoms with van der Waals surface area (Å²) in [6, 6.07) is 0. The fourth-order valence-corrected chi connectivity index (χ4v) is 1.55. The standard InChI is InChI=1S/C10H18O5/c1-3-5-14-10-9(13)8(12)7(11)6(4-2)15-10/h3,6-13H,1,4-5H2,2H3/t6?,7-,8-,9?,10+/m0/s1. The molecule has 5 atom stereocenters. The Balaban J connectivity index is 2.60. The molecule has 0 aromatic rings. The second-order valence-electron chi connectivity index (χ2n) is 3.54. The van der Waals surface area contributed by atoms with E-state index in [1.54, 1.807) is 0 Å². The van der Waals surface area contributed by atoms with Gasteiger partial charge in [-0.1, -0.05) is 13.0 Å². The third-order valence-corrected chi connectivity index (χ3v) is 2.45. The smallest absolute Gasteiger partial charge is 0.186 e. The largest absolute Gasteiger partial charge is 0.388 e. The van der Waals surface area contributed by atoms with E-state index in [9.17, 15) is 15.3 Å². The number of hydrogen-bond donors (Lipinski definition) is 3. The summed E-state index contributed by atoms with van der Waals surface area (Å²) in [6.45, 7) is 5.51. The zero-order chi connectivity index (χ0) is 11.4. The van der Waals surface area contributed by atoms with Gasteiger partial charge >= 0.3 is 0 Å². The molecule has 0 bridgehead atoms. The molecule has 5 nitrogen and oxygen atoms in total. The van der Waals surface area contributed by atoms with Gasteiger partial charge in [0.1, 0.15) is 18.3 Å². The molecule has 0 amide bonds. The molecule has 0 saturated carbocycles. The van der Waals surface area contributed by atoms with Crippen molar-refractivity contribution in [2.24, 2.45) is 0 Å². The molecule has 5 heteroatoms. The Kier molecular flexibility index (Phi) is 4.69. The molecular formula is C10H18O5. The molecule has 2 unspecified atom stereocenters. The third-order valence-electron chi connectivity index (χ3n) is 2.45. The Morgan fingerprint density at radius 2 is 1.93 bits per heavy atom. The molecule has 0 aromatic carbocycles. The Labute approximate surface area is 88.9 Å². The highest BCUT2D eigenvalue weighted by atomic mass is 16.7. The predicted molar refractivity (Wildman–Crippen MR) is 53.1 cm³/mol. The molecule has 1 rings (SSSR count). The van der Waals surface area contributed by atoms with E-state index in [1.165, 1.54) is 6.08 Å². The minimum absolute atomic E-state index is 0.223. The second-order valence-corrected chi connectivity index (χ2v) is 3.54. The van der Waals surface area contributed by atoms with E-state index < -0.39 is 30.7 Å². The fourth-order valence-electron chi connectivity index (χ4n) is 1.55. The van der Waals surface area contributed by atoms with Gasteiger partial charge in [-0.05, 0) is 6.42 Å². The van der Waals surface area contributed by atoms with E-state index in [4.69, 9.17) is 9.47 Å². The van der Waals surface area contributed by atoms with E-state index in [2.05, 4.69) is 6.58 Å². The zero-order valence-electron chi connectivity index (χ0n) is 8.74. The van der Waals surface area contributed by atoms with Gasteiger partial charge in [0.05, 0.1) is 12.7 Å². The van der Waals surface area contributed by atoms with Crippen LogP contribution in [-0.4, -0.2) is 52.6 Å². The summed E-state index contributed by atoms with van der Waals surface area (Å²) in [5, 5.41) is 28.6. The van der Waals surface area contributed by atoms with Gasteiger partial charge in [-0.25, -0.2) is 0 Å². The van der Waals surface area contributed by atoms with E-state index in [-0.39, 0.29) is 6.61 Å². The molecule has 0 aromatic heterocycles.